The largest absolute Gasteiger partial charge is 0.455 e. The van der Waals surface area contributed by atoms with Gasteiger partial charge >= 0.3 is 5.97 Å². The standard InChI is InChI=1S/C17H27BrO2/c1-7-17(6,20-13(3)19)11-10-14-12(2)8-9-15(18)16(14,4)5/h7-8,14-15H,1,9-11H2,2-6H3. The highest BCUT2D eigenvalue weighted by molar-refractivity contribution is 9.09. The van der Waals surface area contributed by atoms with Gasteiger partial charge in [-0.15, -0.1) is 0 Å². The molecule has 0 radical (unpaired) electrons. The molecule has 0 saturated heterocycles. The first-order valence-electron chi connectivity index (χ1n) is 7.26. The third kappa shape index (κ3) is 3.97. The predicted molar refractivity (Wildman–Crippen MR) is 88.0 cm³/mol. The molecule has 3 heteroatoms. The average Bonchev–Trinajstić information content (AvgIpc) is 2.33. The molecule has 0 fully saturated rings. The van der Waals surface area contributed by atoms with E-state index in [2.05, 4.69) is 49.4 Å². The maximum absolute atomic E-state index is 11.2. The minimum atomic E-state index is -0.568. The van der Waals surface area contributed by atoms with Gasteiger partial charge in [0, 0.05) is 11.8 Å². The van der Waals surface area contributed by atoms with Crippen LogP contribution in [0.3, 0.4) is 0 Å². The Labute approximate surface area is 131 Å². The molecule has 20 heavy (non-hydrogen) atoms. The number of halogens is 1. The Morgan fingerprint density at radius 1 is 1.65 bits per heavy atom. The van der Waals surface area contributed by atoms with Crippen LogP contribution in [0.15, 0.2) is 24.3 Å². The van der Waals surface area contributed by atoms with Crippen LogP contribution in [-0.4, -0.2) is 16.4 Å². The van der Waals surface area contributed by atoms with Crippen molar-refractivity contribution in [2.24, 2.45) is 11.3 Å². The topological polar surface area (TPSA) is 26.3 Å². The average molecular weight is 343 g/mol. The lowest BCUT2D eigenvalue weighted by Crippen LogP contribution is -2.38. The van der Waals surface area contributed by atoms with E-state index in [4.69, 9.17) is 4.74 Å². The first-order valence-corrected chi connectivity index (χ1v) is 8.18. The van der Waals surface area contributed by atoms with E-state index in [9.17, 15) is 4.79 Å². The van der Waals surface area contributed by atoms with Gasteiger partial charge in [-0.3, -0.25) is 4.79 Å². The summed E-state index contributed by atoms with van der Waals surface area (Å²) in [5.74, 6) is 0.247. The molecule has 3 unspecified atom stereocenters. The molecule has 0 saturated carbocycles. The van der Waals surface area contributed by atoms with E-state index in [1.54, 1.807) is 6.08 Å². The number of rotatable bonds is 5. The van der Waals surface area contributed by atoms with Gasteiger partial charge in [0.1, 0.15) is 5.60 Å². The number of allylic oxidation sites excluding steroid dienone is 2. The van der Waals surface area contributed by atoms with Crippen LogP contribution in [0.5, 0.6) is 0 Å². The molecular formula is C17H27BrO2. The number of carbonyl (C=O) groups excluding carboxylic acids is 1. The molecule has 0 heterocycles. The maximum Gasteiger partial charge on any atom is 0.303 e. The minimum Gasteiger partial charge on any atom is -0.455 e. The zero-order valence-electron chi connectivity index (χ0n) is 13.3. The molecule has 0 N–H and O–H groups in total. The summed E-state index contributed by atoms with van der Waals surface area (Å²) < 4.78 is 5.42. The van der Waals surface area contributed by atoms with Crippen LogP contribution >= 0.6 is 15.9 Å². The quantitative estimate of drug-likeness (QED) is 0.398. The summed E-state index contributed by atoms with van der Waals surface area (Å²) in [6, 6.07) is 0. The lowest BCUT2D eigenvalue weighted by atomic mass is 9.66. The van der Waals surface area contributed by atoms with Crippen molar-refractivity contribution in [2.75, 3.05) is 0 Å². The van der Waals surface area contributed by atoms with E-state index in [1.165, 1.54) is 12.5 Å². The van der Waals surface area contributed by atoms with Crippen LogP contribution < -0.4 is 0 Å². The second-order valence-electron chi connectivity index (χ2n) is 6.67. The van der Waals surface area contributed by atoms with E-state index in [-0.39, 0.29) is 11.4 Å². The lowest BCUT2D eigenvalue weighted by Gasteiger charge is -2.43. The molecule has 2 nitrogen and oxygen atoms in total. The number of esters is 1. The Bertz CT molecular complexity index is 411. The second-order valence-corrected chi connectivity index (χ2v) is 7.78. The monoisotopic (exact) mass is 342 g/mol. The maximum atomic E-state index is 11.2. The third-order valence-corrected chi connectivity index (χ3v) is 6.19. The van der Waals surface area contributed by atoms with Gasteiger partial charge in [0.25, 0.3) is 0 Å². The Morgan fingerprint density at radius 2 is 2.25 bits per heavy atom. The molecule has 0 aliphatic heterocycles. The van der Waals surface area contributed by atoms with E-state index >= 15 is 0 Å². The van der Waals surface area contributed by atoms with Crippen molar-refractivity contribution in [2.45, 2.75) is 64.3 Å². The fraction of sp³-hybridized carbons (Fsp3) is 0.706. The SMILES string of the molecule is C=CC(C)(CCC1C(C)=CCC(Br)C1(C)C)OC(C)=O. The summed E-state index contributed by atoms with van der Waals surface area (Å²) in [4.78, 5) is 11.7. The van der Waals surface area contributed by atoms with Crippen molar-refractivity contribution in [3.05, 3.63) is 24.3 Å². The van der Waals surface area contributed by atoms with Gasteiger partial charge in [0.15, 0.2) is 0 Å². The van der Waals surface area contributed by atoms with E-state index in [1.807, 2.05) is 6.92 Å². The molecule has 0 aromatic heterocycles. The summed E-state index contributed by atoms with van der Waals surface area (Å²) in [6.45, 7) is 14.0. The van der Waals surface area contributed by atoms with Crippen molar-refractivity contribution in [3.63, 3.8) is 0 Å². The number of alkyl halides is 1. The van der Waals surface area contributed by atoms with Crippen molar-refractivity contribution < 1.29 is 9.53 Å². The van der Waals surface area contributed by atoms with E-state index in [0.717, 1.165) is 19.3 Å². The predicted octanol–water partition coefficient (Wildman–Crippen LogP) is 5.03. The summed E-state index contributed by atoms with van der Waals surface area (Å²) in [6.07, 6.45) is 6.95. The summed E-state index contributed by atoms with van der Waals surface area (Å²) in [7, 11) is 0. The van der Waals surface area contributed by atoms with Crippen molar-refractivity contribution in [1.82, 2.24) is 0 Å². The molecule has 0 bridgehead atoms. The molecule has 1 aliphatic rings. The van der Waals surface area contributed by atoms with Crippen LogP contribution in [0.2, 0.25) is 0 Å². The molecule has 0 amide bonds. The Morgan fingerprint density at radius 3 is 2.75 bits per heavy atom. The lowest BCUT2D eigenvalue weighted by molar-refractivity contribution is -0.151. The van der Waals surface area contributed by atoms with E-state index in [0.29, 0.717) is 10.7 Å². The smallest absolute Gasteiger partial charge is 0.303 e. The normalized spacial score (nSPS) is 28.2. The molecule has 0 aromatic carbocycles. The number of hydrogen-bond donors (Lipinski definition) is 0. The van der Waals surface area contributed by atoms with Crippen molar-refractivity contribution in [1.29, 1.82) is 0 Å². The fourth-order valence-corrected chi connectivity index (χ4v) is 3.60. The van der Waals surface area contributed by atoms with Crippen LogP contribution in [0.4, 0.5) is 0 Å². The summed E-state index contributed by atoms with van der Waals surface area (Å²) in [5, 5.41) is 0. The molecule has 1 rings (SSSR count). The van der Waals surface area contributed by atoms with Crippen LogP contribution in [0, 0.1) is 11.3 Å². The van der Waals surface area contributed by atoms with Crippen LogP contribution in [0.25, 0.3) is 0 Å². The Balaban J connectivity index is 2.81. The van der Waals surface area contributed by atoms with Gasteiger partial charge < -0.3 is 4.74 Å². The molecule has 0 aromatic rings. The highest BCUT2D eigenvalue weighted by atomic mass is 79.9. The number of ether oxygens (including phenoxy) is 1. The van der Waals surface area contributed by atoms with Crippen LogP contribution in [0.1, 0.15) is 53.9 Å². The zero-order chi connectivity index (χ0) is 15.6. The van der Waals surface area contributed by atoms with Gasteiger partial charge in [-0.25, -0.2) is 0 Å². The molecular weight excluding hydrogens is 316 g/mol. The first-order chi connectivity index (χ1) is 9.12. The summed E-state index contributed by atoms with van der Waals surface area (Å²) >= 11 is 3.81. The van der Waals surface area contributed by atoms with Gasteiger partial charge in [-0.2, -0.15) is 0 Å². The van der Waals surface area contributed by atoms with Gasteiger partial charge in [-0.1, -0.05) is 48.0 Å². The van der Waals surface area contributed by atoms with Crippen molar-refractivity contribution in [3.8, 4) is 0 Å². The minimum absolute atomic E-state index is 0.205. The molecule has 1 aliphatic carbocycles. The second kappa shape index (κ2) is 6.46. The molecule has 0 spiro atoms. The zero-order valence-corrected chi connectivity index (χ0v) is 14.9. The number of hydrogen-bond acceptors (Lipinski definition) is 2. The van der Waals surface area contributed by atoms with Crippen molar-refractivity contribution >= 4 is 21.9 Å². The Kier molecular flexibility index (Phi) is 5.65. The highest BCUT2D eigenvalue weighted by Gasteiger charge is 2.40. The van der Waals surface area contributed by atoms with E-state index < -0.39 is 5.60 Å². The Hall–Kier alpha value is -0.570. The van der Waals surface area contributed by atoms with Gasteiger partial charge in [0.05, 0.1) is 0 Å². The first kappa shape index (κ1) is 17.5. The fourth-order valence-electron chi connectivity index (χ4n) is 3.09. The molecule has 114 valence electrons. The summed E-state index contributed by atoms with van der Waals surface area (Å²) in [5.41, 5.74) is 1.08. The highest BCUT2D eigenvalue weighted by Crippen LogP contribution is 2.47. The van der Waals surface area contributed by atoms with Gasteiger partial charge in [-0.05, 0) is 50.5 Å². The molecule has 3 atom stereocenters. The van der Waals surface area contributed by atoms with Gasteiger partial charge in [0.2, 0.25) is 0 Å². The van der Waals surface area contributed by atoms with Crippen LogP contribution in [-0.2, 0) is 9.53 Å². The third-order valence-electron chi connectivity index (χ3n) is 4.64. The number of carbonyl (C=O) groups is 1.